The van der Waals surface area contributed by atoms with Gasteiger partial charge in [0.15, 0.2) is 0 Å². The van der Waals surface area contributed by atoms with Crippen molar-refractivity contribution < 1.29 is 43.3 Å². The first-order chi connectivity index (χ1) is 18.4. The highest BCUT2D eigenvalue weighted by Gasteiger charge is 2.16. The largest absolute Gasteiger partial charge is 0.726 e. The lowest BCUT2D eigenvalue weighted by Gasteiger charge is -2.31. The third-order valence-corrected chi connectivity index (χ3v) is 7.09. The molecule has 0 saturated carbocycles. The molecule has 0 spiro atoms. The number of nitrogens with zero attached hydrogens (tertiary/aromatic N) is 2. The molecule has 0 amide bonds. The van der Waals surface area contributed by atoms with E-state index in [9.17, 15) is 25.9 Å². The van der Waals surface area contributed by atoms with Crippen LogP contribution in [0.2, 0.25) is 0 Å². The highest BCUT2D eigenvalue weighted by molar-refractivity contribution is 7.81. The Balaban J connectivity index is -0.000000941. The Labute approximate surface area is 248 Å². The van der Waals surface area contributed by atoms with Gasteiger partial charge in [0, 0.05) is 6.42 Å². The number of quaternary nitrogens is 2. The Kier molecular flexibility index (Phi) is 28.6. The standard InChI is InChI=1S/C26H56N2.2CH4O4S/c1-7-8-9-10-11-12-13-14-15-16-17-18-19-20-21-22-25-28(5,6)26-23-24-27(2,3)4;2*1-5-6(2,3)4/h14-15H,7-13,16-26H2,1-6H3;2*1H3,(H,2,3,4)/q+2;;/p-2/b15-14-;;. The van der Waals surface area contributed by atoms with Gasteiger partial charge in [-0.3, -0.25) is 8.37 Å². The molecule has 0 atom stereocenters. The smallest absolute Gasteiger partial charge is 0.217 e. The molecule has 0 radical (unpaired) electrons. The summed E-state index contributed by atoms with van der Waals surface area (Å²) in [6.45, 7) is 6.24. The molecule has 0 unspecified atom stereocenters. The highest BCUT2D eigenvalue weighted by atomic mass is 32.3. The van der Waals surface area contributed by atoms with Crippen LogP contribution in [0.3, 0.4) is 0 Å². The molecule has 244 valence electrons. The first-order valence-corrected chi connectivity index (χ1v) is 17.4. The van der Waals surface area contributed by atoms with Crippen LogP contribution in [0.1, 0.15) is 103 Å². The van der Waals surface area contributed by atoms with E-state index >= 15 is 0 Å². The predicted octanol–water partition coefficient (Wildman–Crippen LogP) is 5.38. The number of rotatable bonds is 22. The van der Waals surface area contributed by atoms with Crippen molar-refractivity contribution in [3.63, 3.8) is 0 Å². The van der Waals surface area contributed by atoms with E-state index in [4.69, 9.17) is 0 Å². The van der Waals surface area contributed by atoms with E-state index in [1.807, 2.05) is 0 Å². The summed E-state index contributed by atoms with van der Waals surface area (Å²) in [6, 6.07) is 0. The molecule has 0 N–H and O–H groups in total. The summed E-state index contributed by atoms with van der Waals surface area (Å²) in [5.74, 6) is 0. The summed E-state index contributed by atoms with van der Waals surface area (Å²) < 4.78 is 64.3. The molecule has 0 aliphatic rings. The minimum atomic E-state index is -4.41. The summed E-state index contributed by atoms with van der Waals surface area (Å²) in [4.78, 5) is 0. The van der Waals surface area contributed by atoms with Gasteiger partial charge in [-0.2, -0.15) is 0 Å². The lowest BCUT2D eigenvalue weighted by Crippen LogP contribution is -2.44. The van der Waals surface area contributed by atoms with E-state index in [2.05, 4.69) is 62.7 Å². The van der Waals surface area contributed by atoms with Crippen LogP contribution in [0.25, 0.3) is 0 Å². The Hall–Kier alpha value is -0.600. The van der Waals surface area contributed by atoms with Gasteiger partial charge in [-0.25, -0.2) is 16.8 Å². The molecule has 10 nitrogen and oxygen atoms in total. The van der Waals surface area contributed by atoms with Gasteiger partial charge in [-0.1, -0.05) is 70.4 Å². The molecule has 0 bridgehead atoms. The molecular formula is C28H62N2O8S2. The average molecular weight is 619 g/mol. The van der Waals surface area contributed by atoms with Gasteiger partial charge in [-0.05, 0) is 38.5 Å². The lowest BCUT2D eigenvalue weighted by atomic mass is 10.1. The SMILES string of the molecule is CCCCCCCC/C=C\CCCCCCCC[N+](C)(C)CCC[N+](C)(C)C.COS(=O)(=O)[O-].COS(=O)(=O)[O-]. The summed E-state index contributed by atoms with van der Waals surface area (Å²) in [7, 11) is 4.50. The summed E-state index contributed by atoms with van der Waals surface area (Å²) >= 11 is 0. The van der Waals surface area contributed by atoms with Crippen molar-refractivity contribution in [2.24, 2.45) is 0 Å². The number of unbranched alkanes of at least 4 members (excludes halogenated alkanes) is 12. The van der Waals surface area contributed by atoms with E-state index < -0.39 is 20.8 Å². The second-order valence-corrected chi connectivity index (χ2v) is 14.1. The Bertz CT molecular complexity index is 762. The molecule has 0 fully saturated rings. The van der Waals surface area contributed by atoms with E-state index in [-0.39, 0.29) is 0 Å². The fourth-order valence-electron chi connectivity index (χ4n) is 3.87. The van der Waals surface area contributed by atoms with Crippen molar-refractivity contribution >= 4 is 20.8 Å². The third kappa shape index (κ3) is 47.2. The van der Waals surface area contributed by atoms with Crippen molar-refractivity contribution in [3.05, 3.63) is 12.2 Å². The zero-order chi connectivity index (χ0) is 31.6. The Morgan fingerprint density at radius 2 is 0.875 bits per heavy atom. The second kappa shape index (κ2) is 26.1. The van der Waals surface area contributed by atoms with Crippen molar-refractivity contribution in [3.8, 4) is 0 Å². The fourth-order valence-corrected chi connectivity index (χ4v) is 3.87. The maximum absolute atomic E-state index is 9.22. The lowest BCUT2D eigenvalue weighted by molar-refractivity contribution is -0.902. The van der Waals surface area contributed by atoms with Gasteiger partial charge >= 0.3 is 0 Å². The van der Waals surface area contributed by atoms with Gasteiger partial charge in [0.1, 0.15) is 0 Å². The quantitative estimate of drug-likeness (QED) is 0.0519. The number of hydrogen-bond acceptors (Lipinski definition) is 8. The minimum Gasteiger partial charge on any atom is -0.726 e. The molecule has 0 saturated heterocycles. The van der Waals surface area contributed by atoms with Crippen LogP contribution in [0.5, 0.6) is 0 Å². The normalized spacial score (nSPS) is 12.6. The van der Waals surface area contributed by atoms with Crippen LogP contribution in [0, 0.1) is 0 Å². The molecule has 0 aromatic rings. The first-order valence-electron chi connectivity index (χ1n) is 14.7. The van der Waals surface area contributed by atoms with Gasteiger partial charge in [0.05, 0.1) is 69.1 Å². The van der Waals surface area contributed by atoms with Crippen molar-refractivity contribution in [1.82, 2.24) is 0 Å². The molecule has 12 heteroatoms. The number of hydrogen-bond donors (Lipinski definition) is 0. The molecule has 0 aliphatic carbocycles. The van der Waals surface area contributed by atoms with Gasteiger partial charge in [-0.15, -0.1) is 0 Å². The van der Waals surface area contributed by atoms with Crippen LogP contribution in [0.4, 0.5) is 0 Å². The van der Waals surface area contributed by atoms with Crippen LogP contribution in [0.15, 0.2) is 12.2 Å². The van der Waals surface area contributed by atoms with Crippen molar-refractivity contribution in [1.29, 1.82) is 0 Å². The number of allylic oxidation sites excluding steroid dienone is 2. The molecule has 0 aromatic carbocycles. The van der Waals surface area contributed by atoms with Gasteiger partial charge in [0.2, 0.25) is 20.8 Å². The molecule has 40 heavy (non-hydrogen) atoms. The predicted molar refractivity (Wildman–Crippen MR) is 162 cm³/mol. The van der Waals surface area contributed by atoms with Crippen molar-refractivity contribution in [2.75, 3.05) is 69.1 Å². The highest BCUT2D eigenvalue weighted by Crippen LogP contribution is 2.11. The topological polar surface area (TPSA) is 133 Å². The van der Waals surface area contributed by atoms with Gasteiger partial charge < -0.3 is 18.1 Å². The average Bonchev–Trinajstić information content (AvgIpc) is 2.82. The van der Waals surface area contributed by atoms with E-state index in [1.54, 1.807) is 0 Å². The van der Waals surface area contributed by atoms with Crippen LogP contribution < -0.4 is 0 Å². The van der Waals surface area contributed by atoms with Crippen LogP contribution in [-0.4, -0.2) is 104 Å². The Morgan fingerprint density at radius 1 is 0.550 bits per heavy atom. The minimum absolute atomic E-state index is 0.808. The van der Waals surface area contributed by atoms with Gasteiger partial charge in [0.25, 0.3) is 0 Å². The molecular weight excluding hydrogens is 556 g/mol. The second-order valence-electron chi connectivity index (χ2n) is 11.8. The van der Waals surface area contributed by atoms with Crippen LogP contribution in [-0.2, 0) is 29.2 Å². The summed E-state index contributed by atoms with van der Waals surface area (Å²) in [5.41, 5.74) is 0. The zero-order valence-corrected chi connectivity index (χ0v) is 28.5. The van der Waals surface area contributed by atoms with E-state index in [0.717, 1.165) is 18.7 Å². The fraction of sp³-hybridized carbons (Fsp3) is 0.929. The summed E-state index contributed by atoms with van der Waals surface area (Å²) in [5, 5.41) is 0. The van der Waals surface area contributed by atoms with E-state index in [1.165, 1.54) is 120 Å². The van der Waals surface area contributed by atoms with E-state index in [0.29, 0.717) is 0 Å². The zero-order valence-electron chi connectivity index (χ0n) is 26.9. The third-order valence-electron chi connectivity index (χ3n) is 6.28. The summed E-state index contributed by atoms with van der Waals surface area (Å²) in [6.07, 6.45) is 25.8. The Morgan fingerprint density at radius 3 is 1.23 bits per heavy atom. The molecule has 0 aliphatic heterocycles. The molecule has 0 heterocycles. The maximum Gasteiger partial charge on any atom is 0.217 e. The molecule has 0 rings (SSSR count). The first kappa shape index (κ1) is 43.8. The maximum atomic E-state index is 9.22. The van der Waals surface area contributed by atoms with Crippen molar-refractivity contribution in [2.45, 2.75) is 103 Å². The molecule has 0 aromatic heterocycles. The monoisotopic (exact) mass is 618 g/mol. The van der Waals surface area contributed by atoms with Crippen LogP contribution >= 0.6 is 0 Å².